The number of fused-ring (bicyclic) bond motifs is 1. The summed E-state index contributed by atoms with van der Waals surface area (Å²) in [5.41, 5.74) is 2.41. The molecule has 19 heavy (non-hydrogen) atoms. The number of H-pyrrole nitrogens is 1. The Bertz CT molecular complexity index is 741. The monoisotopic (exact) mass is 249 g/mol. The predicted octanol–water partition coefficient (Wildman–Crippen LogP) is 3.01. The Morgan fingerprint density at radius 3 is 2.84 bits per heavy atom. The van der Waals surface area contributed by atoms with Gasteiger partial charge in [-0.25, -0.2) is 0 Å². The summed E-state index contributed by atoms with van der Waals surface area (Å²) < 4.78 is 5.73. The lowest BCUT2D eigenvalue weighted by Crippen LogP contribution is -1.97. The summed E-state index contributed by atoms with van der Waals surface area (Å²) in [5, 5.41) is 16.9. The van der Waals surface area contributed by atoms with Gasteiger partial charge in [-0.1, -0.05) is 30.3 Å². The molecule has 0 saturated heterocycles. The smallest absolute Gasteiger partial charge is 0.138 e. The van der Waals surface area contributed by atoms with Crippen LogP contribution in [0.2, 0.25) is 0 Å². The molecule has 0 aliphatic heterocycles. The zero-order valence-electron chi connectivity index (χ0n) is 10.1. The summed E-state index contributed by atoms with van der Waals surface area (Å²) in [4.78, 5) is 0. The minimum Gasteiger partial charge on any atom is -0.487 e. The number of nitrogens with one attached hydrogen (secondary N) is 1. The molecule has 0 atom stereocenters. The maximum absolute atomic E-state index is 9.15. The van der Waals surface area contributed by atoms with Crippen LogP contribution in [0.25, 0.3) is 10.9 Å². The Kier molecular flexibility index (Phi) is 2.87. The molecule has 0 radical (unpaired) electrons. The van der Waals surface area contributed by atoms with Gasteiger partial charge in [0.1, 0.15) is 18.4 Å². The van der Waals surface area contributed by atoms with Gasteiger partial charge >= 0.3 is 0 Å². The van der Waals surface area contributed by atoms with Crippen molar-refractivity contribution in [1.29, 1.82) is 5.26 Å². The molecule has 2 aromatic carbocycles. The van der Waals surface area contributed by atoms with Crippen molar-refractivity contribution >= 4 is 10.9 Å². The summed E-state index contributed by atoms with van der Waals surface area (Å²) in [7, 11) is 0. The molecule has 0 unspecified atom stereocenters. The molecule has 0 spiro atoms. The quantitative estimate of drug-likeness (QED) is 0.776. The molecule has 0 aliphatic carbocycles. The average molecular weight is 249 g/mol. The Balaban J connectivity index is 1.89. The molecular weight excluding hydrogens is 238 g/mol. The van der Waals surface area contributed by atoms with E-state index < -0.39 is 0 Å². The van der Waals surface area contributed by atoms with Crippen LogP contribution >= 0.6 is 0 Å². The maximum Gasteiger partial charge on any atom is 0.138 e. The van der Waals surface area contributed by atoms with E-state index in [1.54, 1.807) is 12.3 Å². The van der Waals surface area contributed by atoms with E-state index in [1.807, 2.05) is 36.4 Å². The van der Waals surface area contributed by atoms with Crippen LogP contribution in [0, 0.1) is 11.3 Å². The number of hydrogen-bond acceptors (Lipinski definition) is 3. The third kappa shape index (κ3) is 2.26. The average Bonchev–Trinajstić information content (AvgIpc) is 2.92. The number of benzene rings is 2. The standard InChI is InChI=1S/C15H11N3O/c16-8-12-6-14-13(9-17-18-14)7-15(12)19-10-11-4-2-1-3-5-11/h1-7,9H,10H2,(H,17,18). The SMILES string of the molecule is N#Cc1cc2[nH]ncc2cc1OCc1ccccc1. The topological polar surface area (TPSA) is 61.7 Å². The lowest BCUT2D eigenvalue weighted by Gasteiger charge is -2.08. The fourth-order valence-electron chi connectivity index (χ4n) is 1.91. The highest BCUT2D eigenvalue weighted by Crippen LogP contribution is 2.25. The second-order valence-corrected chi connectivity index (χ2v) is 4.19. The van der Waals surface area contributed by atoms with Crippen LogP contribution in [0.15, 0.2) is 48.7 Å². The Hall–Kier alpha value is -2.80. The van der Waals surface area contributed by atoms with Gasteiger partial charge < -0.3 is 4.74 Å². The summed E-state index contributed by atoms with van der Waals surface area (Å²) >= 11 is 0. The molecular formula is C15H11N3O. The van der Waals surface area contributed by atoms with Crippen LogP contribution in [0.4, 0.5) is 0 Å². The second-order valence-electron chi connectivity index (χ2n) is 4.19. The van der Waals surface area contributed by atoms with E-state index in [-0.39, 0.29) is 0 Å². The zero-order valence-corrected chi connectivity index (χ0v) is 10.1. The molecule has 1 aromatic heterocycles. The van der Waals surface area contributed by atoms with Gasteiger partial charge in [0.15, 0.2) is 0 Å². The molecule has 0 amide bonds. The van der Waals surface area contributed by atoms with E-state index >= 15 is 0 Å². The molecule has 0 aliphatic rings. The molecule has 3 rings (SSSR count). The molecule has 1 heterocycles. The van der Waals surface area contributed by atoms with Crippen molar-refractivity contribution in [2.75, 3.05) is 0 Å². The molecule has 1 N–H and O–H groups in total. The Labute approximate surface area is 110 Å². The van der Waals surface area contributed by atoms with E-state index in [1.165, 1.54) is 0 Å². The number of nitriles is 1. The minimum absolute atomic E-state index is 0.443. The van der Waals surface area contributed by atoms with Gasteiger partial charge in [-0.15, -0.1) is 0 Å². The van der Waals surface area contributed by atoms with E-state index in [2.05, 4.69) is 16.3 Å². The Morgan fingerprint density at radius 1 is 1.21 bits per heavy atom. The second kappa shape index (κ2) is 4.83. The van der Waals surface area contributed by atoms with Crippen molar-refractivity contribution in [2.45, 2.75) is 6.61 Å². The fraction of sp³-hybridized carbons (Fsp3) is 0.0667. The van der Waals surface area contributed by atoms with Crippen LogP contribution in [0.5, 0.6) is 5.75 Å². The van der Waals surface area contributed by atoms with Crippen molar-refractivity contribution < 1.29 is 4.74 Å². The first-order valence-corrected chi connectivity index (χ1v) is 5.91. The maximum atomic E-state index is 9.15. The third-order valence-corrected chi connectivity index (χ3v) is 2.90. The van der Waals surface area contributed by atoms with E-state index in [4.69, 9.17) is 10.00 Å². The van der Waals surface area contributed by atoms with E-state index in [0.29, 0.717) is 17.9 Å². The summed E-state index contributed by atoms with van der Waals surface area (Å²) in [5.74, 6) is 0.584. The van der Waals surface area contributed by atoms with Gasteiger partial charge in [0.2, 0.25) is 0 Å². The lowest BCUT2D eigenvalue weighted by molar-refractivity contribution is 0.306. The minimum atomic E-state index is 0.443. The van der Waals surface area contributed by atoms with Gasteiger partial charge in [-0.2, -0.15) is 10.4 Å². The number of aromatic nitrogens is 2. The number of hydrogen-bond donors (Lipinski definition) is 1. The lowest BCUT2D eigenvalue weighted by atomic mass is 10.1. The molecule has 92 valence electrons. The fourth-order valence-corrected chi connectivity index (χ4v) is 1.91. The van der Waals surface area contributed by atoms with Crippen LogP contribution in [0.3, 0.4) is 0 Å². The van der Waals surface area contributed by atoms with Gasteiger partial charge in [-0.05, 0) is 17.7 Å². The molecule has 0 saturated carbocycles. The highest BCUT2D eigenvalue weighted by atomic mass is 16.5. The molecule has 3 aromatic rings. The van der Waals surface area contributed by atoms with Gasteiger partial charge in [-0.3, -0.25) is 5.10 Å². The molecule has 0 fully saturated rings. The normalized spacial score (nSPS) is 10.3. The van der Waals surface area contributed by atoms with Crippen LogP contribution in [0.1, 0.15) is 11.1 Å². The largest absolute Gasteiger partial charge is 0.487 e. The van der Waals surface area contributed by atoms with Crippen molar-refractivity contribution in [1.82, 2.24) is 10.2 Å². The van der Waals surface area contributed by atoms with Crippen molar-refractivity contribution in [3.63, 3.8) is 0 Å². The van der Waals surface area contributed by atoms with Gasteiger partial charge in [0.05, 0.1) is 17.3 Å². The van der Waals surface area contributed by atoms with Crippen LogP contribution in [-0.4, -0.2) is 10.2 Å². The first-order chi connectivity index (χ1) is 9.36. The highest BCUT2D eigenvalue weighted by Gasteiger charge is 2.07. The molecule has 4 nitrogen and oxygen atoms in total. The summed E-state index contributed by atoms with van der Waals surface area (Å²) in [6, 6.07) is 15.6. The number of aromatic amines is 1. The van der Waals surface area contributed by atoms with Gasteiger partial charge in [0, 0.05) is 5.39 Å². The first-order valence-electron chi connectivity index (χ1n) is 5.91. The third-order valence-electron chi connectivity index (χ3n) is 2.90. The van der Waals surface area contributed by atoms with Crippen LogP contribution in [-0.2, 0) is 6.61 Å². The molecule has 0 bridgehead atoms. The van der Waals surface area contributed by atoms with E-state index in [9.17, 15) is 0 Å². The van der Waals surface area contributed by atoms with Crippen LogP contribution < -0.4 is 4.74 Å². The first kappa shape index (κ1) is 11.3. The van der Waals surface area contributed by atoms with Crippen molar-refractivity contribution in [3.8, 4) is 11.8 Å². The zero-order chi connectivity index (χ0) is 13.1. The number of nitrogens with zero attached hydrogens (tertiary/aromatic N) is 2. The predicted molar refractivity (Wildman–Crippen MR) is 71.6 cm³/mol. The van der Waals surface area contributed by atoms with E-state index in [0.717, 1.165) is 16.5 Å². The molecule has 4 heteroatoms. The summed E-state index contributed by atoms with van der Waals surface area (Å²) in [6.07, 6.45) is 1.71. The number of rotatable bonds is 3. The van der Waals surface area contributed by atoms with Gasteiger partial charge in [0.25, 0.3) is 0 Å². The highest BCUT2D eigenvalue weighted by molar-refractivity contribution is 5.81. The van der Waals surface area contributed by atoms with Crippen molar-refractivity contribution in [2.24, 2.45) is 0 Å². The number of ether oxygens (including phenoxy) is 1. The Morgan fingerprint density at radius 2 is 2.05 bits per heavy atom. The summed E-state index contributed by atoms with van der Waals surface area (Å²) in [6.45, 7) is 0.443. The van der Waals surface area contributed by atoms with Crippen molar-refractivity contribution in [3.05, 3.63) is 59.8 Å².